The molecule has 2 aromatic rings. The number of benzene rings is 1. The molecule has 26 heavy (non-hydrogen) atoms. The molecule has 1 aliphatic rings. The van der Waals surface area contributed by atoms with Gasteiger partial charge < -0.3 is 9.80 Å². The van der Waals surface area contributed by atoms with E-state index in [-0.39, 0.29) is 36.8 Å². The van der Waals surface area contributed by atoms with E-state index >= 15 is 0 Å². The smallest absolute Gasteiger partial charge is 0.247 e. The number of hydrogen-bond donors (Lipinski definition) is 0. The van der Waals surface area contributed by atoms with Crippen LogP contribution in [-0.2, 0) is 16.1 Å². The third-order valence-corrected chi connectivity index (χ3v) is 4.63. The van der Waals surface area contributed by atoms with Crippen molar-refractivity contribution in [3.8, 4) is 0 Å². The van der Waals surface area contributed by atoms with E-state index in [0.717, 1.165) is 12.8 Å². The Bertz CT molecular complexity index is 774. The molecular weight excluding hydrogens is 335 g/mol. The van der Waals surface area contributed by atoms with Crippen LogP contribution in [0.4, 0.5) is 4.39 Å². The van der Waals surface area contributed by atoms with Gasteiger partial charge in [-0.3, -0.25) is 14.3 Å². The van der Waals surface area contributed by atoms with Crippen LogP contribution >= 0.6 is 0 Å². The zero-order valence-corrected chi connectivity index (χ0v) is 15.0. The molecule has 0 bridgehead atoms. The van der Waals surface area contributed by atoms with Crippen molar-refractivity contribution in [3.05, 3.63) is 54.1 Å². The minimum absolute atomic E-state index is 0.0323. The summed E-state index contributed by atoms with van der Waals surface area (Å²) in [4.78, 5) is 28.4. The summed E-state index contributed by atoms with van der Waals surface area (Å²) in [5, 5.41) is 4.07. The Morgan fingerprint density at radius 2 is 2.04 bits per heavy atom. The van der Waals surface area contributed by atoms with E-state index in [1.807, 2.05) is 0 Å². The van der Waals surface area contributed by atoms with Crippen molar-refractivity contribution < 1.29 is 14.0 Å². The first-order valence-corrected chi connectivity index (χ1v) is 8.74. The molecule has 0 radical (unpaired) electrons. The van der Waals surface area contributed by atoms with Gasteiger partial charge in [0.2, 0.25) is 11.8 Å². The molecule has 2 amide bonds. The van der Waals surface area contributed by atoms with Gasteiger partial charge in [-0.2, -0.15) is 5.10 Å². The molecule has 138 valence electrons. The molecule has 0 spiro atoms. The minimum Gasteiger partial charge on any atom is -0.335 e. The van der Waals surface area contributed by atoms with Crippen LogP contribution < -0.4 is 0 Å². The summed E-state index contributed by atoms with van der Waals surface area (Å²) in [6.45, 7) is 1.94. The van der Waals surface area contributed by atoms with Gasteiger partial charge in [-0.25, -0.2) is 4.39 Å². The van der Waals surface area contributed by atoms with Gasteiger partial charge in [0.15, 0.2) is 0 Å². The first kappa shape index (κ1) is 18.1. The topological polar surface area (TPSA) is 58.4 Å². The lowest BCUT2D eigenvalue weighted by atomic mass is 10.2. The summed E-state index contributed by atoms with van der Waals surface area (Å²) in [6.07, 6.45) is 5.16. The Kier molecular flexibility index (Phi) is 5.35. The zero-order chi connectivity index (χ0) is 18.7. The second-order valence-corrected chi connectivity index (χ2v) is 6.70. The van der Waals surface area contributed by atoms with Gasteiger partial charge in [0.05, 0.1) is 6.54 Å². The van der Waals surface area contributed by atoms with E-state index in [1.54, 1.807) is 60.2 Å². The predicted octanol–water partition coefficient (Wildman–Crippen LogP) is 2.23. The molecule has 0 aliphatic heterocycles. The lowest BCUT2D eigenvalue weighted by Gasteiger charge is -2.27. The Balaban J connectivity index is 1.64. The minimum atomic E-state index is -0.483. The summed E-state index contributed by atoms with van der Waals surface area (Å²) >= 11 is 0. The molecule has 1 unspecified atom stereocenters. The first-order valence-electron chi connectivity index (χ1n) is 8.74. The fourth-order valence-electron chi connectivity index (χ4n) is 2.93. The number of rotatable bonds is 7. The number of carbonyl (C=O) groups is 2. The number of carbonyl (C=O) groups excluding carboxylic acids is 2. The van der Waals surface area contributed by atoms with Gasteiger partial charge in [-0.1, -0.05) is 18.2 Å². The van der Waals surface area contributed by atoms with Crippen LogP contribution in [0.2, 0.25) is 0 Å². The van der Waals surface area contributed by atoms with E-state index in [9.17, 15) is 14.0 Å². The van der Waals surface area contributed by atoms with E-state index in [2.05, 4.69) is 5.10 Å². The highest BCUT2D eigenvalue weighted by Crippen LogP contribution is 2.29. The molecular formula is C19H23FN4O2. The summed E-state index contributed by atoms with van der Waals surface area (Å²) in [5.74, 6) is -0.675. The highest BCUT2D eigenvalue weighted by molar-refractivity contribution is 5.86. The Morgan fingerprint density at radius 3 is 2.65 bits per heavy atom. The molecule has 1 aromatic heterocycles. The number of hydrogen-bond acceptors (Lipinski definition) is 3. The maximum Gasteiger partial charge on any atom is 0.247 e. The molecule has 7 heteroatoms. The largest absolute Gasteiger partial charge is 0.335 e. The van der Waals surface area contributed by atoms with Crippen LogP contribution in [0.1, 0.15) is 31.4 Å². The van der Waals surface area contributed by atoms with Gasteiger partial charge in [-0.05, 0) is 31.9 Å². The second-order valence-electron chi connectivity index (χ2n) is 6.70. The second kappa shape index (κ2) is 7.68. The number of aromatic nitrogens is 2. The monoisotopic (exact) mass is 358 g/mol. The van der Waals surface area contributed by atoms with Gasteiger partial charge in [0.1, 0.15) is 11.9 Å². The SMILES string of the molecule is CC(C(=O)N(C)CC(=O)N(Cc1ccccc1F)C1CC1)n1cccn1. The molecule has 1 aromatic carbocycles. The molecule has 1 heterocycles. The quantitative estimate of drug-likeness (QED) is 0.763. The van der Waals surface area contributed by atoms with Crippen LogP contribution in [0.5, 0.6) is 0 Å². The summed E-state index contributed by atoms with van der Waals surface area (Å²) in [7, 11) is 1.61. The molecule has 0 N–H and O–H groups in total. The summed E-state index contributed by atoms with van der Waals surface area (Å²) < 4.78 is 15.5. The molecule has 3 rings (SSSR count). The van der Waals surface area contributed by atoms with E-state index in [4.69, 9.17) is 0 Å². The predicted molar refractivity (Wildman–Crippen MR) is 94.5 cm³/mol. The molecule has 1 aliphatic carbocycles. The van der Waals surface area contributed by atoms with Gasteiger partial charge in [0, 0.05) is 37.6 Å². The number of halogens is 1. The fourth-order valence-corrected chi connectivity index (χ4v) is 2.93. The molecule has 6 nitrogen and oxygen atoms in total. The number of nitrogens with zero attached hydrogens (tertiary/aromatic N) is 4. The van der Waals surface area contributed by atoms with Crippen molar-refractivity contribution in [2.75, 3.05) is 13.6 Å². The lowest BCUT2D eigenvalue weighted by Crippen LogP contribution is -2.43. The van der Waals surface area contributed by atoms with Gasteiger partial charge in [-0.15, -0.1) is 0 Å². The van der Waals surface area contributed by atoms with Crippen LogP contribution in [0.3, 0.4) is 0 Å². The van der Waals surface area contributed by atoms with Crippen molar-refractivity contribution in [2.24, 2.45) is 0 Å². The van der Waals surface area contributed by atoms with Gasteiger partial charge >= 0.3 is 0 Å². The van der Waals surface area contributed by atoms with Crippen LogP contribution in [0.15, 0.2) is 42.7 Å². The maximum atomic E-state index is 13.9. The van der Waals surface area contributed by atoms with Crippen molar-refractivity contribution >= 4 is 11.8 Å². The van der Waals surface area contributed by atoms with E-state index in [1.165, 1.54) is 11.0 Å². The number of likely N-dealkylation sites (N-methyl/N-ethyl adjacent to an activating group) is 1. The lowest BCUT2D eigenvalue weighted by molar-refractivity contribution is -0.141. The Hall–Kier alpha value is -2.70. The fraction of sp³-hybridized carbons (Fsp3) is 0.421. The summed E-state index contributed by atoms with van der Waals surface area (Å²) in [5.41, 5.74) is 0.492. The van der Waals surface area contributed by atoms with Crippen molar-refractivity contribution in [1.82, 2.24) is 19.6 Å². The Morgan fingerprint density at radius 1 is 1.31 bits per heavy atom. The van der Waals surface area contributed by atoms with Crippen molar-refractivity contribution in [3.63, 3.8) is 0 Å². The maximum absolute atomic E-state index is 13.9. The normalized spacial score (nSPS) is 14.7. The zero-order valence-electron chi connectivity index (χ0n) is 15.0. The average Bonchev–Trinajstić information content (AvgIpc) is 3.32. The van der Waals surface area contributed by atoms with Crippen LogP contribution in [0.25, 0.3) is 0 Å². The molecule has 1 fully saturated rings. The first-order chi connectivity index (χ1) is 12.5. The van der Waals surface area contributed by atoms with Crippen LogP contribution in [0, 0.1) is 5.82 Å². The third-order valence-electron chi connectivity index (χ3n) is 4.63. The van der Waals surface area contributed by atoms with Gasteiger partial charge in [0.25, 0.3) is 0 Å². The highest BCUT2D eigenvalue weighted by Gasteiger charge is 2.34. The van der Waals surface area contributed by atoms with Crippen molar-refractivity contribution in [2.45, 2.75) is 38.4 Å². The van der Waals surface area contributed by atoms with Crippen molar-refractivity contribution in [1.29, 1.82) is 0 Å². The molecule has 0 saturated heterocycles. The number of amides is 2. The molecule has 1 saturated carbocycles. The Labute approximate surface area is 152 Å². The third kappa shape index (κ3) is 4.09. The van der Waals surface area contributed by atoms with E-state index < -0.39 is 6.04 Å². The molecule has 1 atom stereocenters. The standard InChI is InChI=1S/C19H23FN4O2/c1-14(24-11-5-10-21-24)19(26)22(2)13-18(25)23(16-8-9-16)12-15-6-3-4-7-17(15)20/h3-7,10-11,14,16H,8-9,12-13H2,1-2H3. The highest BCUT2D eigenvalue weighted by atomic mass is 19.1. The van der Waals surface area contributed by atoms with Crippen LogP contribution in [-0.4, -0.2) is 51.0 Å². The summed E-state index contributed by atoms with van der Waals surface area (Å²) in [6, 6.07) is 7.87. The van der Waals surface area contributed by atoms with E-state index in [0.29, 0.717) is 5.56 Å². The average molecular weight is 358 g/mol.